The summed E-state index contributed by atoms with van der Waals surface area (Å²) in [7, 11) is 0. The number of hydrogen-bond donors (Lipinski definition) is 2. The zero-order valence-electron chi connectivity index (χ0n) is 9.04. The van der Waals surface area contributed by atoms with Gasteiger partial charge in [0, 0.05) is 6.61 Å². The van der Waals surface area contributed by atoms with E-state index in [1.807, 2.05) is 0 Å². The predicted octanol–water partition coefficient (Wildman–Crippen LogP) is 2.43. The van der Waals surface area contributed by atoms with Crippen molar-refractivity contribution in [2.75, 3.05) is 6.61 Å². The maximum absolute atomic E-state index is 10.5. The Morgan fingerprint density at radius 3 is 2.07 bits per heavy atom. The molecule has 1 unspecified atom stereocenters. The molecule has 0 aromatic rings. The first-order valence-corrected chi connectivity index (χ1v) is 5.52. The van der Waals surface area contributed by atoms with E-state index in [1.165, 1.54) is 0 Å². The van der Waals surface area contributed by atoms with Gasteiger partial charge in [-0.3, -0.25) is 4.79 Å². The van der Waals surface area contributed by atoms with Gasteiger partial charge in [0.2, 0.25) is 0 Å². The second kappa shape index (κ2) is 9.00. The Morgan fingerprint density at radius 2 is 1.57 bits per heavy atom. The molecule has 0 saturated heterocycles. The highest BCUT2D eigenvalue weighted by Gasteiger charge is 2.09. The summed E-state index contributed by atoms with van der Waals surface area (Å²) in [6, 6.07) is 0. The molecule has 0 aromatic heterocycles. The van der Waals surface area contributed by atoms with E-state index in [4.69, 9.17) is 10.2 Å². The van der Waals surface area contributed by atoms with Crippen LogP contribution in [0.4, 0.5) is 0 Å². The molecule has 3 heteroatoms. The van der Waals surface area contributed by atoms with Crippen LogP contribution in [0, 0.1) is 5.92 Å². The van der Waals surface area contributed by atoms with Crippen LogP contribution in [0.3, 0.4) is 0 Å². The van der Waals surface area contributed by atoms with Gasteiger partial charge in [0.1, 0.15) is 0 Å². The van der Waals surface area contributed by atoms with Gasteiger partial charge in [-0.1, -0.05) is 39.0 Å². The van der Waals surface area contributed by atoms with Crippen molar-refractivity contribution in [2.24, 2.45) is 5.92 Å². The molecule has 3 nitrogen and oxygen atoms in total. The van der Waals surface area contributed by atoms with Crippen LogP contribution in [0.5, 0.6) is 0 Å². The van der Waals surface area contributed by atoms with E-state index in [0.717, 1.165) is 44.9 Å². The largest absolute Gasteiger partial charge is 0.481 e. The Labute approximate surface area is 86.1 Å². The molecule has 14 heavy (non-hydrogen) atoms. The number of aliphatic hydroxyl groups is 1. The highest BCUT2D eigenvalue weighted by molar-refractivity contribution is 5.69. The first kappa shape index (κ1) is 13.4. The quantitative estimate of drug-likeness (QED) is 0.564. The van der Waals surface area contributed by atoms with Crippen LogP contribution in [-0.2, 0) is 4.79 Å². The van der Waals surface area contributed by atoms with Crippen molar-refractivity contribution in [3.05, 3.63) is 0 Å². The van der Waals surface area contributed by atoms with E-state index in [9.17, 15) is 4.79 Å². The lowest BCUT2D eigenvalue weighted by atomic mass is 10.0. The molecule has 0 aliphatic rings. The Hall–Kier alpha value is -0.570. The van der Waals surface area contributed by atoms with Crippen molar-refractivity contribution in [2.45, 2.75) is 51.9 Å². The van der Waals surface area contributed by atoms with Crippen molar-refractivity contribution in [1.82, 2.24) is 0 Å². The van der Waals surface area contributed by atoms with Gasteiger partial charge in [-0.2, -0.15) is 0 Å². The third kappa shape index (κ3) is 8.05. The zero-order chi connectivity index (χ0) is 10.8. The molecule has 2 N–H and O–H groups in total. The number of aliphatic hydroxyl groups excluding tert-OH is 1. The van der Waals surface area contributed by atoms with E-state index in [-0.39, 0.29) is 12.5 Å². The first-order chi connectivity index (χ1) is 6.68. The Bertz CT molecular complexity index is 145. The lowest BCUT2D eigenvalue weighted by molar-refractivity contribution is -0.141. The molecule has 0 heterocycles. The Morgan fingerprint density at radius 1 is 1.07 bits per heavy atom. The molecule has 0 bridgehead atoms. The predicted molar refractivity (Wildman–Crippen MR) is 56.2 cm³/mol. The standard InChI is InChI=1S/C11H22O3/c1-10(11(13)14)8-6-4-2-3-5-7-9-12/h10,12H,2-9H2,1H3,(H,13,14). The molecule has 0 aliphatic heterocycles. The van der Waals surface area contributed by atoms with Crippen LogP contribution in [0.25, 0.3) is 0 Å². The van der Waals surface area contributed by atoms with Crippen molar-refractivity contribution in [3.8, 4) is 0 Å². The first-order valence-electron chi connectivity index (χ1n) is 5.52. The van der Waals surface area contributed by atoms with Crippen LogP contribution in [0.15, 0.2) is 0 Å². The molecular formula is C11H22O3. The molecule has 0 saturated carbocycles. The second-order valence-electron chi connectivity index (χ2n) is 3.87. The number of unbranched alkanes of at least 4 members (excludes halogenated alkanes) is 5. The lowest BCUT2D eigenvalue weighted by Crippen LogP contribution is -2.08. The average Bonchev–Trinajstić information content (AvgIpc) is 2.16. The van der Waals surface area contributed by atoms with Crippen LogP contribution in [0.1, 0.15) is 51.9 Å². The van der Waals surface area contributed by atoms with Crippen LogP contribution in [0.2, 0.25) is 0 Å². The summed E-state index contributed by atoms with van der Waals surface area (Å²) in [5.41, 5.74) is 0. The number of aliphatic carboxylic acids is 1. The molecule has 0 amide bonds. The van der Waals surface area contributed by atoms with Gasteiger partial charge in [0.25, 0.3) is 0 Å². The van der Waals surface area contributed by atoms with Crippen molar-refractivity contribution in [3.63, 3.8) is 0 Å². The van der Waals surface area contributed by atoms with E-state index >= 15 is 0 Å². The van der Waals surface area contributed by atoms with Gasteiger partial charge >= 0.3 is 5.97 Å². The lowest BCUT2D eigenvalue weighted by Gasteiger charge is -2.05. The summed E-state index contributed by atoms with van der Waals surface area (Å²) in [5, 5.41) is 17.2. The Balaban J connectivity index is 3.09. The van der Waals surface area contributed by atoms with Crippen LogP contribution in [-0.4, -0.2) is 22.8 Å². The van der Waals surface area contributed by atoms with Crippen molar-refractivity contribution >= 4 is 5.97 Å². The number of rotatable bonds is 9. The molecular weight excluding hydrogens is 180 g/mol. The molecule has 0 fully saturated rings. The molecule has 0 spiro atoms. The normalized spacial score (nSPS) is 12.7. The van der Waals surface area contributed by atoms with Gasteiger partial charge < -0.3 is 10.2 Å². The fraction of sp³-hybridized carbons (Fsp3) is 0.909. The SMILES string of the molecule is CC(CCCCCCCCO)C(=O)O. The van der Waals surface area contributed by atoms with Crippen molar-refractivity contribution < 1.29 is 15.0 Å². The van der Waals surface area contributed by atoms with E-state index < -0.39 is 5.97 Å². The Kier molecular flexibility index (Phi) is 8.64. The number of hydrogen-bond acceptors (Lipinski definition) is 2. The zero-order valence-corrected chi connectivity index (χ0v) is 9.04. The molecule has 0 radical (unpaired) electrons. The van der Waals surface area contributed by atoms with E-state index in [2.05, 4.69) is 0 Å². The second-order valence-corrected chi connectivity index (χ2v) is 3.87. The van der Waals surface area contributed by atoms with E-state index in [0.29, 0.717) is 0 Å². The minimum Gasteiger partial charge on any atom is -0.481 e. The molecule has 84 valence electrons. The number of carboxylic acid groups (broad SMARTS) is 1. The van der Waals surface area contributed by atoms with Gasteiger partial charge in [-0.25, -0.2) is 0 Å². The summed E-state index contributed by atoms with van der Waals surface area (Å²) in [5.74, 6) is -0.891. The summed E-state index contributed by atoms with van der Waals surface area (Å²) >= 11 is 0. The minimum absolute atomic E-state index is 0.201. The average molecular weight is 202 g/mol. The number of carboxylic acids is 1. The van der Waals surface area contributed by atoms with Crippen molar-refractivity contribution in [1.29, 1.82) is 0 Å². The minimum atomic E-state index is -0.690. The fourth-order valence-corrected chi connectivity index (χ4v) is 1.39. The third-order valence-electron chi connectivity index (χ3n) is 2.47. The van der Waals surface area contributed by atoms with Gasteiger partial charge in [-0.05, 0) is 12.8 Å². The fourth-order valence-electron chi connectivity index (χ4n) is 1.39. The van der Waals surface area contributed by atoms with Crippen LogP contribution < -0.4 is 0 Å². The van der Waals surface area contributed by atoms with Crippen LogP contribution >= 0.6 is 0 Å². The summed E-state index contributed by atoms with van der Waals surface area (Å²) in [6.45, 7) is 2.05. The third-order valence-corrected chi connectivity index (χ3v) is 2.47. The maximum atomic E-state index is 10.5. The molecule has 0 rings (SSSR count). The summed E-state index contributed by atoms with van der Waals surface area (Å²) in [4.78, 5) is 10.5. The van der Waals surface area contributed by atoms with E-state index in [1.54, 1.807) is 6.92 Å². The highest BCUT2D eigenvalue weighted by atomic mass is 16.4. The smallest absolute Gasteiger partial charge is 0.306 e. The van der Waals surface area contributed by atoms with Gasteiger partial charge in [-0.15, -0.1) is 0 Å². The highest BCUT2D eigenvalue weighted by Crippen LogP contribution is 2.11. The number of carbonyl (C=O) groups is 1. The van der Waals surface area contributed by atoms with Gasteiger partial charge in [0.05, 0.1) is 5.92 Å². The molecule has 1 atom stereocenters. The monoisotopic (exact) mass is 202 g/mol. The molecule has 0 aliphatic carbocycles. The molecule has 0 aromatic carbocycles. The topological polar surface area (TPSA) is 57.5 Å². The summed E-state index contributed by atoms with van der Waals surface area (Å²) < 4.78 is 0. The van der Waals surface area contributed by atoms with Gasteiger partial charge in [0.15, 0.2) is 0 Å². The summed E-state index contributed by atoms with van der Waals surface area (Å²) in [6.07, 6.45) is 7.20. The maximum Gasteiger partial charge on any atom is 0.306 e.